The van der Waals surface area contributed by atoms with Crippen molar-refractivity contribution >= 4 is 23.2 Å². The zero-order chi connectivity index (χ0) is 19.9. The largest absolute Gasteiger partial charge is 0.359 e. The second kappa shape index (κ2) is 9.13. The third-order valence-corrected chi connectivity index (χ3v) is 4.55. The number of Topliss-reactive ketones (excluding diaryl/α,β-unsaturated/α-hetero) is 1. The summed E-state index contributed by atoms with van der Waals surface area (Å²) >= 11 is 0. The maximum atomic E-state index is 11.7. The van der Waals surface area contributed by atoms with E-state index in [-0.39, 0.29) is 5.78 Å². The van der Waals surface area contributed by atoms with Crippen molar-refractivity contribution in [3.8, 4) is 11.3 Å². The van der Waals surface area contributed by atoms with E-state index in [1.165, 1.54) is 0 Å². The van der Waals surface area contributed by atoms with Crippen LogP contribution in [0.1, 0.15) is 37.0 Å². The fraction of sp³-hybridized carbons (Fsp3) is 0.261. The topological polar surface area (TPSA) is 58.1 Å². The summed E-state index contributed by atoms with van der Waals surface area (Å²) in [6.45, 7) is 4.67. The summed E-state index contributed by atoms with van der Waals surface area (Å²) in [5, 5.41) is 3.26. The minimum atomic E-state index is 0.0302. The number of rotatable bonds is 8. The molecule has 0 bridgehead atoms. The minimum absolute atomic E-state index is 0.0302. The SMILES string of the molecule is CCCCN(C)c1cc(-c2ccccc2)nc(Nc2cccc(C(C)=O)c2)n1. The van der Waals surface area contributed by atoms with Crippen molar-refractivity contribution in [1.29, 1.82) is 0 Å². The second-order valence-corrected chi connectivity index (χ2v) is 6.84. The van der Waals surface area contributed by atoms with Crippen LogP contribution in [0.25, 0.3) is 11.3 Å². The van der Waals surface area contributed by atoms with Crippen molar-refractivity contribution in [2.45, 2.75) is 26.7 Å². The van der Waals surface area contributed by atoms with Crippen LogP contribution in [0.2, 0.25) is 0 Å². The van der Waals surface area contributed by atoms with Crippen molar-refractivity contribution in [2.75, 3.05) is 23.8 Å². The predicted molar refractivity (Wildman–Crippen MR) is 115 cm³/mol. The average Bonchev–Trinajstić information content (AvgIpc) is 2.72. The Kier molecular flexibility index (Phi) is 6.37. The van der Waals surface area contributed by atoms with Gasteiger partial charge in [0.25, 0.3) is 0 Å². The molecule has 5 heteroatoms. The molecule has 5 nitrogen and oxygen atoms in total. The lowest BCUT2D eigenvalue weighted by atomic mass is 10.1. The summed E-state index contributed by atoms with van der Waals surface area (Å²) in [5.41, 5.74) is 3.35. The molecule has 0 atom stereocenters. The number of anilines is 3. The Labute approximate surface area is 166 Å². The number of nitrogens with zero attached hydrogens (tertiary/aromatic N) is 3. The molecule has 0 saturated heterocycles. The van der Waals surface area contributed by atoms with Gasteiger partial charge in [-0.2, -0.15) is 4.98 Å². The van der Waals surface area contributed by atoms with Gasteiger partial charge in [-0.15, -0.1) is 0 Å². The predicted octanol–water partition coefficient (Wildman–Crippen LogP) is 5.33. The molecule has 2 aromatic carbocycles. The lowest BCUT2D eigenvalue weighted by Gasteiger charge is -2.19. The number of aromatic nitrogens is 2. The number of ketones is 1. The number of carbonyl (C=O) groups excluding carboxylic acids is 1. The van der Waals surface area contributed by atoms with Gasteiger partial charge in [0.1, 0.15) is 5.82 Å². The van der Waals surface area contributed by atoms with Crippen LogP contribution < -0.4 is 10.2 Å². The lowest BCUT2D eigenvalue weighted by Crippen LogP contribution is -2.20. The van der Waals surface area contributed by atoms with Crippen LogP contribution in [0.15, 0.2) is 60.7 Å². The number of benzene rings is 2. The molecule has 28 heavy (non-hydrogen) atoms. The van der Waals surface area contributed by atoms with E-state index in [0.717, 1.165) is 42.1 Å². The number of hydrogen-bond donors (Lipinski definition) is 1. The first-order valence-electron chi connectivity index (χ1n) is 9.60. The first-order chi connectivity index (χ1) is 13.6. The number of carbonyl (C=O) groups is 1. The third-order valence-electron chi connectivity index (χ3n) is 4.55. The molecule has 1 heterocycles. The quantitative estimate of drug-likeness (QED) is 0.540. The number of hydrogen-bond acceptors (Lipinski definition) is 5. The van der Waals surface area contributed by atoms with E-state index in [1.54, 1.807) is 13.0 Å². The van der Waals surface area contributed by atoms with Gasteiger partial charge in [0.15, 0.2) is 5.78 Å². The Morgan fingerprint density at radius 3 is 2.54 bits per heavy atom. The zero-order valence-corrected chi connectivity index (χ0v) is 16.6. The summed E-state index contributed by atoms with van der Waals surface area (Å²) in [6, 6.07) is 19.5. The summed E-state index contributed by atoms with van der Waals surface area (Å²) in [6.07, 6.45) is 2.23. The van der Waals surface area contributed by atoms with Gasteiger partial charge in [-0.1, -0.05) is 55.8 Å². The normalized spacial score (nSPS) is 10.5. The second-order valence-electron chi connectivity index (χ2n) is 6.84. The molecule has 0 aliphatic rings. The molecule has 0 fully saturated rings. The van der Waals surface area contributed by atoms with Crippen LogP contribution in [0, 0.1) is 0 Å². The first kappa shape index (κ1) is 19.5. The number of nitrogens with one attached hydrogen (secondary N) is 1. The van der Waals surface area contributed by atoms with Gasteiger partial charge in [-0.25, -0.2) is 4.98 Å². The highest BCUT2D eigenvalue weighted by Crippen LogP contribution is 2.25. The van der Waals surface area contributed by atoms with Gasteiger partial charge in [-0.3, -0.25) is 4.79 Å². The van der Waals surface area contributed by atoms with Crippen LogP contribution in [-0.4, -0.2) is 29.3 Å². The smallest absolute Gasteiger partial charge is 0.229 e. The molecule has 0 aliphatic heterocycles. The van der Waals surface area contributed by atoms with Crippen molar-refractivity contribution < 1.29 is 4.79 Å². The van der Waals surface area contributed by atoms with Crippen LogP contribution in [-0.2, 0) is 0 Å². The molecule has 0 spiro atoms. The van der Waals surface area contributed by atoms with Crippen molar-refractivity contribution in [1.82, 2.24) is 9.97 Å². The highest BCUT2D eigenvalue weighted by Gasteiger charge is 2.11. The van der Waals surface area contributed by atoms with Crippen molar-refractivity contribution in [2.24, 2.45) is 0 Å². The van der Waals surface area contributed by atoms with Crippen LogP contribution in [0.4, 0.5) is 17.5 Å². The molecule has 0 unspecified atom stereocenters. The Hall–Kier alpha value is -3.21. The third kappa shape index (κ3) is 4.94. The molecule has 0 aliphatic carbocycles. The molecular formula is C23H26N4O. The Balaban J connectivity index is 1.97. The maximum Gasteiger partial charge on any atom is 0.229 e. The van der Waals surface area contributed by atoms with Gasteiger partial charge in [0.05, 0.1) is 5.69 Å². The Morgan fingerprint density at radius 2 is 1.82 bits per heavy atom. The van der Waals surface area contributed by atoms with Crippen LogP contribution >= 0.6 is 0 Å². The number of unbranched alkanes of at least 4 members (excludes halogenated alkanes) is 1. The maximum absolute atomic E-state index is 11.7. The molecule has 3 rings (SSSR count). The Morgan fingerprint density at radius 1 is 1.04 bits per heavy atom. The summed E-state index contributed by atoms with van der Waals surface area (Å²) < 4.78 is 0. The van der Waals surface area contributed by atoms with Crippen molar-refractivity contribution in [3.63, 3.8) is 0 Å². The molecule has 144 valence electrons. The summed E-state index contributed by atoms with van der Waals surface area (Å²) in [7, 11) is 2.05. The fourth-order valence-electron chi connectivity index (χ4n) is 2.90. The molecular weight excluding hydrogens is 348 g/mol. The zero-order valence-electron chi connectivity index (χ0n) is 16.6. The van der Waals surface area contributed by atoms with E-state index in [0.29, 0.717) is 11.5 Å². The monoisotopic (exact) mass is 374 g/mol. The van der Waals surface area contributed by atoms with E-state index in [2.05, 4.69) is 17.1 Å². The van der Waals surface area contributed by atoms with Gasteiger partial charge in [0.2, 0.25) is 5.95 Å². The summed E-state index contributed by atoms with van der Waals surface area (Å²) in [5.74, 6) is 1.41. The molecule has 0 radical (unpaired) electrons. The highest BCUT2D eigenvalue weighted by molar-refractivity contribution is 5.95. The van der Waals surface area contributed by atoms with E-state index in [9.17, 15) is 4.79 Å². The molecule has 1 N–H and O–H groups in total. The molecule has 1 aromatic heterocycles. The molecule has 3 aromatic rings. The van der Waals surface area contributed by atoms with Crippen molar-refractivity contribution in [3.05, 3.63) is 66.2 Å². The molecule has 0 saturated carbocycles. The first-order valence-corrected chi connectivity index (χ1v) is 9.60. The van der Waals surface area contributed by atoms with E-state index >= 15 is 0 Å². The van der Waals surface area contributed by atoms with Gasteiger partial charge in [-0.05, 0) is 25.5 Å². The fourth-order valence-corrected chi connectivity index (χ4v) is 2.90. The molecule has 0 amide bonds. The lowest BCUT2D eigenvalue weighted by molar-refractivity contribution is 0.101. The average molecular weight is 374 g/mol. The Bertz CT molecular complexity index is 940. The van der Waals surface area contributed by atoms with E-state index in [4.69, 9.17) is 9.97 Å². The highest BCUT2D eigenvalue weighted by atomic mass is 16.1. The van der Waals surface area contributed by atoms with E-state index < -0.39 is 0 Å². The standard InChI is InChI=1S/C23H26N4O/c1-4-5-14-27(3)22-16-21(18-10-7-6-8-11-18)25-23(26-22)24-20-13-9-12-19(15-20)17(2)28/h6-13,15-16H,4-5,14H2,1-3H3,(H,24,25,26). The van der Waals surface area contributed by atoms with E-state index in [1.807, 2.05) is 61.6 Å². The van der Waals surface area contributed by atoms with Crippen LogP contribution in [0.5, 0.6) is 0 Å². The van der Waals surface area contributed by atoms with Gasteiger partial charge < -0.3 is 10.2 Å². The van der Waals surface area contributed by atoms with Gasteiger partial charge in [0, 0.05) is 36.5 Å². The van der Waals surface area contributed by atoms with Gasteiger partial charge >= 0.3 is 0 Å². The van der Waals surface area contributed by atoms with Crippen LogP contribution in [0.3, 0.4) is 0 Å². The summed E-state index contributed by atoms with van der Waals surface area (Å²) in [4.78, 5) is 23.2. The minimum Gasteiger partial charge on any atom is -0.359 e.